The third-order valence-corrected chi connectivity index (χ3v) is 6.28. The molecule has 1 saturated heterocycles. The molecule has 1 N–H and O–H groups in total. The third kappa shape index (κ3) is 5.13. The largest absolute Gasteiger partial charge is 0.473 e. The second-order valence-electron chi connectivity index (χ2n) is 8.74. The monoisotopic (exact) mass is 479 g/mol. The van der Waals surface area contributed by atoms with Gasteiger partial charge in [0.05, 0.1) is 23.3 Å². The highest BCUT2D eigenvalue weighted by molar-refractivity contribution is 7.92. The number of hydrogen-bond donors (Lipinski definition) is 1. The van der Waals surface area contributed by atoms with Gasteiger partial charge in [0.1, 0.15) is 11.8 Å². The van der Waals surface area contributed by atoms with Crippen LogP contribution >= 0.6 is 0 Å². The summed E-state index contributed by atoms with van der Waals surface area (Å²) in [5.41, 5.74) is 4.88. The highest BCUT2D eigenvalue weighted by Gasteiger charge is 2.18. The van der Waals surface area contributed by atoms with Crippen LogP contribution < -0.4 is 4.74 Å². The quantitative estimate of drug-likeness (QED) is 0.384. The van der Waals surface area contributed by atoms with E-state index >= 15 is 0 Å². The van der Waals surface area contributed by atoms with Gasteiger partial charge < -0.3 is 14.5 Å². The average Bonchev–Trinajstić information content (AvgIpc) is 3.20. The zero-order chi connectivity index (χ0) is 23.7. The number of nitrogens with zero attached hydrogens (tertiary/aromatic N) is 2. The van der Waals surface area contributed by atoms with Gasteiger partial charge in [-0.25, -0.2) is 13.6 Å². The number of rotatable bonds is 5. The predicted molar refractivity (Wildman–Crippen MR) is 133 cm³/mol. The van der Waals surface area contributed by atoms with E-state index in [1.165, 1.54) is 6.07 Å². The molecule has 0 spiro atoms. The normalized spacial score (nSPS) is 16.5. The molecule has 2 aromatic carbocycles. The van der Waals surface area contributed by atoms with Crippen LogP contribution in [0.4, 0.5) is 10.1 Å². The smallest absolute Gasteiger partial charge is 0.193 e. The number of fused-ring (bicyclic) bond motifs is 1. The molecular weight excluding hydrogens is 453 g/mol. The predicted octanol–water partition coefficient (Wildman–Crippen LogP) is 5.95. The number of hydrogen-bond acceptors (Lipinski definition) is 5. The number of H-pyrrole nitrogens is 1. The molecule has 1 atom stereocenters. The van der Waals surface area contributed by atoms with E-state index < -0.39 is 15.5 Å². The number of aromatic amines is 1. The van der Waals surface area contributed by atoms with Crippen LogP contribution in [0.3, 0.4) is 0 Å². The summed E-state index contributed by atoms with van der Waals surface area (Å²) >= 11 is 0. The lowest BCUT2D eigenvalue weighted by molar-refractivity contribution is 0.00582. The number of halogens is 1. The molecule has 1 aliphatic rings. The molecule has 1 aliphatic heterocycles. The summed E-state index contributed by atoms with van der Waals surface area (Å²) < 4.78 is 42.4. The number of ether oxygens (including phenoxy) is 2. The Kier molecular flexibility index (Phi) is 6.10. The van der Waals surface area contributed by atoms with Gasteiger partial charge in [-0.3, -0.25) is 0 Å². The van der Waals surface area contributed by atoms with Crippen LogP contribution in [-0.2, 0) is 14.5 Å². The molecule has 5 rings (SSSR count). The summed E-state index contributed by atoms with van der Waals surface area (Å²) in [5.74, 6) is 0.172. The fourth-order valence-electron chi connectivity index (χ4n) is 4.04. The van der Waals surface area contributed by atoms with Crippen LogP contribution in [0, 0.1) is 5.82 Å². The molecule has 1 unspecified atom stereocenters. The van der Waals surface area contributed by atoms with Gasteiger partial charge in [-0.15, -0.1) is 0 Å². The van der Waals surface area contributed by atoms with E-state index in [0.29, 0.717) is 40.5 Å². The van der Waals surface area contributed by atoms with E-state index in [1.54, 1.807) is 18.6 Å². The molecule has 0 amide bonds. The van der Waals surface area contributed by atoms with Gasteiger partial charge in [0.25, 0.3) is 0 Å². The second-order valence-corrected chi connectivity index (χ2v) is 11.3. The van der Waals surface area contributed by atoms with Crippen molar-refractivity contribution >= 4 is 26.4 Å². The molecule has 0 aliphatic carbocycles. The van der Waals surface area contributed by atoms with Gasteiger partial charge in [-0.2, -0.15) is 4.36 Å². The lowest BCUT2D eigenvalue weighted by Gasteiger charge is -2.22. The molecule has 0 radical (unpaired) electrons. The van der Waals surface area contributed by atoms with E-state index in [4.69, 9.17) is 9.47 Å². The summed E-state index contributed by atoms with van der Waals surface area (Å²) in [6, 6.07) is 18.4. The van der Waals surface area contributed by atoms with Crippen molar-refractivity contribution in [2.45, 2.75) is 18.9 Å². The van der Waals surface area contributed by atoms with Crippen molar-refractivity contribution < 1.29 is 18.1 Å². The Balaban J connectivity index is 1.38. The van der Waals surface area contributed by atoms with Crippen LogP contribution in [0.15, 0.2) is 65.0 Å². The maximum Gasteiger partial charge on any atom is 0.193 e. The first-order valence-corrected chi connectivity index (χ1v) is 13.5. The minimum Gasteiger partial charge on any atom is -0.473 e. The van der Waals surface area contributed by atoms with E-state index in [1.807, 2.05) is 48.5 Å². The molecule has 8 heteroatoms. The Labute approximate surface area is 198 Å². The molecular formula is C26H26FN3O3S. The van der Waals surface area contributed by atoms with Crippen LogP contribution in [-0.4, -0.2) is 46.0 Å². The van der Waals surface area contributed by atoms with E-state index in [0.717, 1.165) is 30.6 Å². The zero-order valence-electron chi connectivity index (χ0n) is 19.1. The van der Waals surface area contributed by atoms with Gasteiger partial charge >= 0.3 is 0 Å². The Morgan fingerprint density at radius 3 is 2.38 bits per heavy atom. The van der Waals surface area contributed by atoms with Crippen LogP contribution in [0.5, 0.6) is 5.88 Å². The standard InChI is InChI=1S/C26H26FN3O3S/c1-34(2,31)30-20-11-9-18(10-12-20)17-5-7-19(8-6-17)26-22(27)14-23-24(29-26)15-25(28-23)33-21-4-3-13-32-16-21/h5-12,14-15,21,28H,3-4,13,16H2,1-2H3. The summed E-state index contributed by atoms with van der Waals surface area (Å²) in [4.78, 5) is 7.66. The SMILES string of the molecule is CS(C)(=O)=Nc1ccc(-c2ccc(-c3nc4cc(OC5CCCOC5)[nH]c4cc3F)cc2)cc1. The van der Waals surface area contributed by atoms with Crippen molar-refractivity contribution in [1.29, 1.82) is 0 Å². The first-order valence-electron chi connectivity index (χ1n) is 11.2. The van der Waals surface area contributed by atoms with Crippen molar-refractivity contribution in [3.63, 3.8) is 0 Å². The zero-order valence-corrected chi connectivity index (χ0v) is 19.9. The summed E-state index contributed by atoms with van der Waals surface area (Å²) in [7, 11) is -2.20. The van der Waals surface area contributed by atoms with E-state index in [-0.39, 0.29) is 6.10 Å². The lowest BCUT2D eigenvalue weighted by Crippen LogP contribution is -2.28. The van der Waals surface area contributed by atoms with Crippen molar-refractivity contribution in [1.82, 2.24) is 9.97 Å². The molecule has 4 aromatic rings. The van der Waals surface area contributed by atoms with Gasteiger partial charge in [-0.05, 0) is 36.1 Å². The van der Waals surface area contributed by atoms with Crippen LogP contribution in [0.25, 0.3) is 33.4 Å². The molecule has 3 heterocycles. The summed E-state index contributed by atoms with van der Waals surface area (Å²) in [6.07, 6.45) is 5.11. The van der Waals surface area contributed by atoms with E-state index in [9.17, 15) is 8.60 Å². The maximum atomic E-state index is 14.9. The number of aromatic nitrogens is 2. The average molecular weight is 480 g/mol. The molecule has 2 aromatic heterocycles. The Morgan fingerprint density at radius 2 is 1.74 bits per heavy atom. The topological polar surface area (TPSA) is 76.6 Å². The Morgan fingerprint density at radius 1 is 1.06 bits per heavy atom. The minimum atomic E-state index is -2.20. The van der Waals surface area contributed by atoms with Gasteiger partial charge in [0, 0.05) is 46.5 Å². The second kappa shape index (κ2) is 9.19. The molecule has 0 saturated carbocycles. The molecule has 34 heavy (non-hydrogen) atoms. The van der Waals surface area contributed by atoms with E-state index in [2.05, 4.69) is 14.3 Å². The molecule has 0 bridgehead atoms. The van der Waals surface area contributed by atoms with Crippen LogP contribution in [0.1, 0.15) is 12.8 Å². The molecule has 6 nitrogen and oxygen atoms in total. The summed E-state index contributed by atoms with van der Waals surface area (Å²) in [6.45, 7) is 1.33. The molecule has 176 valence electrons. The minimum absolute atomic E-state index is 0.00514. The first-order chi connectivity index (χ1) is 16.3. The number of benzene rings is 2. The number of nitrogens with one attached hydrogen (secondary N) is 1. The fourth-order valence-corrected chi connectivity index (χ4v) is 4.67. The van der Waals surface area contributed by atoms with Gasteiger partial charge in [0.2, 0.25) is 0 Å². The summed E-state index contributed by atoms with van der Waals surface area (Å²) in [5, 5.41) is 0. The Bertz CT molecular complexity index is 1420. The van der Waals surface area contributed by atoms with Gasteiger partial charge in [-0.1, -0.05) is 36.4 Å². The Hall–Kier alpha value is -3.23. The third-order valence-electron chi connectivity index (χ3n) is 5.63. The highest BCUT2D eigenvalue weighted by Crippen LogP contribution is 2.30. The number of pyridine rings is 1. The maximum absolute atomic E-state index is 14.9. The van der Waals surface area contributed by atoms with Crippen molar-refractivity contribution in [3.05, 3.63) is 66.5 Å². The van der Waals surface area contributed by atoms with Crippen molar-refractivity contribution in [2.75, 3.05) is 25.7 Å². The molecule has 1 fully saturated rings. The lowest BCUT2D eigenvalue weighted by atomic mass is 10.0. The first kappa shape index (κ1) is 22.6. The van der Waals surface area contributed by atoms with Crippen LogP contribution in [0.2, 0.25) is 0 Å². The highest BCUT2D eigenvalue weighted by atomic mass is 32.2. The van der Waals surface area contributed by atoms with Crippen molar-refractivity contribution in [2.24, 2.45) is 4.36 Å². The van der Waals surface area contributed by atoms with Gasteiger partial charge in [0.15, 0.2) is 11.7 Å². The van der Waals surface area contributed by atoms with Crippen molar-refractivity contribution in [3.8, 4) is 28.3 Å². The fraction of sp³-hybridized carbons (Fsp3) is 0.269.